The van der Waals surface area contributed by atoms with Crippen molar-refractivity contribution >= 4 is 14.3 Å². The summed E-state index contributed by atoms with van der Waals surface area (Å²) >= 11 is 0. The van der Waals surface area contributed by atoms with Crippen LogP contribution >= 0.6 is 0 Å². The molecule has 5 heteroatoms. The standard InChI is InChI=1S/C16H26O4Si/c1-12-8-7-9-13(15(12)19-11-14(17)18)10-20-21(5,6)16(2,3)4/h7-9H,10-11H2,1-6H3,(H,17,18). The molecule has 0 aliphatic carbocycles. The third kappa shape index (κ3) is 4.86. The first-order valence-electron chi connectivity index (χ1n) is 7.11. The fraction of sp³-hybridized carbons (Fsp3) is 0.562. The molecule has 0 fully saturated rings. The minimum atomic E-state index is -1.84. The molecule has 0 atom stereocenters. The maximum atomic E-state index is 10.7. The topological polar surface area (TPSA) is 55.8 Å². The Morgan fingerprint density at radius 3 is 2.43 bits per heavy atom. The normalized spacial score (nSPS) is 12.3. The lowest BCUT2D eigenvalue weighted by Crippen LogP contribution is -2.40. The molecule has 0 amide bonds. The lowest BCUT2D eigenvalue weighted by Gasteiger charge is -2.36. The predicted molar refractivity (Wildman–Crippen MR) is 86.3 cm³/mol. The average molecular weight is 310 g/mol. The Morgan fingerprint density at radius 2 is 1.90 bits per heavy atom. The predicted octanol–water partition coefficient (Wildman–Crippen LogP) is 3.98. The Bertz CT molecular complexity index is 503. The Hall–Kier alpha value is -1.33. The zero-order chi connectivity index (χ0) is 16.3. The smallest absolute Gasteiger partial charge is 0.341 e. The highest BCUT2D eigenvalue weighted by Gasteiger charge is 2.37. The van der Waals surface area contributed by atoms with Gasteiger partial charge in [-0.05, 0) is 30.6 Å². The highest BCUT2D eigenvalue weighted by atomic mass is 28.4. The lowest BCUT2D eigenvalue weighted by atomic mass is 10.1. The van der Waals surface area contributed by atoms with Crippen LogP contribution in [0.1, 0.15) is 31.9 Å². The number of hydrogen-bond acceptors (Lipinski definition) is 3. The van der Waals surface area contributed by atoms with E-state index in [0.29, 0.717) is 12.4 Å². The minimum absolute atomic E-state index is 0.138. The number of carboxylic acids is 1. The van der Waals surface area contributed by atoms with Crippen molar-refractivity contribution < 1.29 is 19.1 Å². The molecule has 4 nitrogen and oxygen atoms in total. The van der Waals surface area contributed by atoms with Crippen LogP contribution in [0.4, 0.5) is 0 Å². The fourth-order valence-electron chi connectivity index (χ4n) is 1.64. The number of aliphatic carboxylic acids is 1. The maximum absolute atomic E-state index is 10.7. The molecule has 1 N–H and O–H groups in total. The fourth-order valence-corrected chi connectivity index (χ4v) is 2.59. The summed E-state index contributed by atoms with van der Waals surface area (Å²) in [6.45, 7) is 13.0. The average Bonchev–Trinajstić information content (AvgIpc) is 2.33. The summed E-state index contributed by atoms with van der Waals surface area (Å²) in [5.74, 6) is -0.354. The Balaban J connectivity index is 2.89. The largest absolute Gasteiger partial charge is 0.481 e. The van der Waals surface area contributed by atoms with E-state index in [1.165, 1.54) is 0 Å². The number of para-hydroxylation sites is 1. The van der Waals surface area contributed by atoms with Gasteiger partial charge in [0, 0.05) is 5.56 Å². The van der Waals surface area contributed by atoms with Crippen LogP contribution in [-0.2, 0) is 15.8 Å². The van der Waals surface area contributed by atoms with Crippen LogP contribution in [0.15, 0.2) is 18.2 Å². The van der Waals surface area contributed by atoms with E-state index in [4.69, 9.17) is 14.3 Å². The van der Waals surface area contributed by atoms with Gasteiger partial charge in [-0.2, -0.15) is 0 Å². The van der Waals surface area contributed by atoms with Crippen molar-refractivity contribution in [3.8, 4) is 5.75 Å². The molecule has 0 aromatic heterocycles. The molecule has 0 unspecified atom stereocenters. The quantitative estimate of drug-likeness (QED) is 0.807. The van der Waals surface area contributed by atoms with Gasteiger partial charge >= 0.3 is 5.97 Å². The lowest BCUT2D eigenvalue weighted by molar-refractivity contribution is -0.139. The molecule has 0 aliphatic heterocycles. The number of hydrogen-bond donors (Lipinski definition) is 1. The zero-order valence-corrected chi connectivity index (χ0v) is 14.8. The van der Waals surface area contributed by atoms with E-state index in [2.05, 4.69) is 33.9 Å². The number of carboxylic acid groups (broad SMARTS) is 1. The van der Waals surface area contributed by atoms with E-state index in [0.717, 1.165) is 11.1 Å². The van der Waals surface area contributed by atoms with Crippen LogP contribution in [0.25, 0.3) is 0 Å². The number of benzene rings is 1. The van der Waals surface area contributed by atoms with Gasteiger partial charge in [-0.25, -0.2) is 4.79 Å². The molecule has 0 bridgehead atoms. The van der Waals surface area contributed by atoms with Crippen molar-refractivity contribution in [1.29, 1.82) is 0 Å². The van der Waals surface area contributed by atoms with Crippen LogP contribution in [-0.4, -0.2) is 26.0 Å². The second kappa shape index (κ2) is 6.62. The third-order valence-corrected chi connectivity index (χ3v) is 8.51. The van der Waals surface area contributed by atoms with Gasteiger partial charge in [-0.1, -0.05) is 39.0 Å². The summed E-state index contributed by atoms with van der Waals surface area (Å²) < 4.78 is 11.6. The van der Waals surface area contributed by atoms with Crippen molar-refractivity contribution in [3.05, 3.63) is 29.3 Å². The molecule has 1 aromatic rings. The van der Waals surface area contributed by atoms with Crippen molar-refractivity contribution in [2.24, 2.45) is 0 Å². The molecule has 118 valence electrons. The number of rotatable bonds is 6. The summed E-state index contributed by atoms with van der Waals surface area (Å²) in [6, 6.07) is 5.78. The van der Waals surface area contributed by atoms with Gasteiger partial charge in [0.05, 0.1) is 6.61 Å². The van der Waals surface area contributed by atoms with Gasteiger partial charge < -0.3 is 14.3 Å². The van der Waals surface area contributed by atoms with Gasteiger partial charge in [0.2, 0.25) is 0 Å². The van der Waals surface area contributed by atoms with Crippen LogP contribution in [0.2, 0.25) is 18.1 Å². The van der Waals surface area contributed by atoms with Crippen LogP contribution in [0, 0.1) is 6.92 Å². The number of carbonyl (C=O) groups is 1. The maximum Gasteiger partial charge on any atom is 0.341 e. The van der Waals surface area contributed by atoms with Gasteiger partial charge in [-0.3, -0.25) is 0 Å². The number of ether oxygens (including phenoxy) is 1. The molecule has 0 aliphatic rings. The first-order valence-corrected chi connectivity index (χ1v) is 10.0. The second-order valence-corrected chi connectivity index (χ2v) is 11.6. The molecule has 21 heavy (non-hydrogen) atoms. The molecule has 0 heterocycles. The first kappa shape index (κ1) is 17.7. The van der Waals surface area contributed by atoms with Crippen molar-refractivity contribution in [2.45, 2.75) is 52.4 Å². The van der Waals surface area contributed by atoms with Gasteiger partial charge in [0.25, 0.3) is 0 Å². The molecular formula is C16H26O4Si. The molecular weight excluding hydrogens is 284 g/mol. The van der Waals surface area contributed by atoms with Gasteiger partial charge in [0.15, 0.2) is 14.9 Å². The van der Waals surface area contributed by atoms with E-state index in [9.17, 15) is 4.79 Å². The Kier molecular flexibility index (Phi) is 5.59. The van der Waals surface area contributed by atoms with Crippen molar-refractivity contribution in [1.82, 2.24) is 0 Å². The van der Waals surface area contributed by atoms with E-state index < -0.39 is 14.3 Å². The van der Waals surface area contributed by atoms with E-state index in [-0.39, 0.29) is 11.6 Å². The van der Waals surface area contributed by atoms with Crippen molar-refractivity contribution in [3.63, 3.8) is 0 Å². The van der Waals surface area contributed by atoms with Gasteiger partial charge in [0.1, 0.15) is 5.75 Å². The Morgan fingerprint density at radius 1 is 1.29 bits per heavy atom. The monoisotopic (exact) mass is 310 g/mol. The highest BCUT2D eigenvalue weighted by Crippen LogP contribution is 2.37. The molecule has 0 saturated heterocycles. The molecule has 1 aromatic carbocycles. The molecule has 0 radical (unpaired) electrons. The van der Waals surface area contributed by atoms with E-state index in [1.807, 2.05) is 25.1 Å². The second-order valence-electron chi connectivity index (χ2n) is 6.79. The first-order chi connectivity index (χ1) is 9.54. The van der Waals surface area contributed by atoms with E-state index in [1.54, 1.807) is 0 Å². The molecule has 1 rings (SSSR count). The zero-order valence-electron chi connectivity index (χ0n) is 13.8. The van der Waals surface area contributed by atoms with Crippen LogP contribution in [0.5, 0.6) is 5.75 Å². The molecule has 0 saturated carbocycles. The Labute approximate surface area is 128 Å². The summed E-state index contributed by atoms with van der Waals surface area (Å²) in [4.78, 5) is 10.7. The van der Waals surface area contributed by atoms with Crippen LogP contribution < -0.4 is 4.74 Å². The van der Waals surface area contributed by atoms with Crippen LogP contribution in [0.3, 0.4) is 0 Å². The molecule has 0 spiro atoms. The minimum Gasteiger partial charge on any atom is -0.481 e. The summed E-state index contributed by atoms with van der Waals surface area (Å²) in [5, 5.41) is 8.91. The highest BCUT2D eigenvalue weighted by molar-refractivity contribution is 6.74. The summed E-state index contributed by atoms with van der Waals surface area (Å²) in [7, 11) is -1.84. The van der Waals surface area contributed by atoms with Gasteiger partial charge in [-0.15, -0.1) is 0 Å². The van der Waals surface area contributed by atoms with Crippen molar-refractivity contribution in [2.75, 3.05) is 6.61 Å². The third-order valence-electron chi connectivity index (χ3n) is 4.03. The number of aryl methyl sites for hydroxylation is 1. The van der Waals surface area contributed by atoms with E-state index >= 15 is 0 Å². The summed E-state index contributed by atoms with van der Waals surface area (Å²) in [6.07, 6.45) is 0. The summed E-state index contributed by atoms with van der Waals surface area (Å²) in [5.41, 5.74) is 1.83. The SMILES string of the molecule is Cc1cccc(CO[Si](C)(C)C(C)(C)C)c1OCC(=O)O.